The highest BCUT2D eigenvalue weighted by Crippen LogP contribution is 2.36. The Labute approximate surface area is 209 Å². The van der Waals surface area contributed by atoms with Crippen LogP contribution in [0.5, 0.6) is 11.5 Å². The third-order valence-corrected chi connectivity index (χ3v) is 6.17. The highest BCUT2D eigenvalue weighted by molar-refractivity contribution is 7.80. The molecule has 2 N–H and O–H groups in total. The molecule has 0 aliphatic carbocycles. The molecule has 1 aliphatic heterocycles. The fraction of sp³-hybridized carbons (Fsp3) is 0.154. The summed E-state index contributed by atoms with van der Waals surface area (Å²) >= 11 is 11.8. The van der Waals surface area contributed by atoms with E-state index in [0.29, 0.717) is 32.8 Å². The number of nitrogens with zero attached hydrogens (tertiary/aromatic N) is 1. The number of hydrogen-bond donors (Lipinski definition) is 2. The van der Waals surface area contributed by atoms with Crippen molar-refractivity contribution in [3.05, 3.63) is 94.7 Å². The number of halogens is 1. The number of para-hydroxylation sites is 2. The molecule has 0 aromatic heterocycles. The Morgan fingerprint density at radius 1 is 1.00 bits per heavy atom. The molecule has 3 aromatic carbocycles. The molecule has 1 atom stereocenters. The van der Waals surface area contributed by atoms with Gasteiger partial charge < -0.3 is 20.1 Å². The fourth-order valence-corrected chi connectivity index (χ4v) is 4.41. The summed E-state index contributed by atoms with van der Waals surface area (Å²) in [5.74, 6) is 1.04. The number of hydrogen-bond acceptors (Lipinski definition) is 4. The molecular weight excluding hydrogens is 470 g/mol. The number of benzene rings is 3. The summed E-state index contributed by atoms with van der Waals surface area (Å²) in [7, 11) is 3.18. The van der Waals surface area contributed by atoms with Crippen molar-refractivity contribution in [2.75, 3.05) is 24.4 Å². The van der Waals surface area contributed by atoms with Crippen molar-refractivity contribution in [1.29, 1.82) is 0 Å². The predicted molar refractivity (Wildman–Crippen MR) is 140 cm³/mol. The number of carbonyl (C=O) groups is 1. The molecule has 0 radical (unpaired) electrons. The lowest BCUT2D eigenvalue weighted by atomic mass is 9.94. The van der Waals surface area contributed by atoms with Gasteiger partial charge in [-0.05, 0) is 73.2 Å². The van der Waals surface area contributed by atoms with E-state index in [9.17, 15) is 4.79 Å². The molecule has 34 heavy (non-hydrogen) atoms. The second-order valence-electron chi connectivity index (χ2n) is 7.62. The highest BCUT2D eigenvalue weighted by Gasteiger charge is 2.35. The van der Waals surface area contributed by atoms with Gasteiger partial charge in [0, 0.05) is 16.4 Å². The highest BCUT2D eigenvalue weighted by atomic mass is 35.5. The summed E-state index contributed by atoms with van der Waals surface area (Å²) in [5.41, 5.74) is 3.49. The average molecular weight is 494 g/mol. The van der Waals surface area contributed by atoms with Gasteiger partial charge in [0.25, 0.3) is 5.91 Å². The van der Waals surface area contributed by atoms with E-state index in [1.54, 1.807) is 38.5 Å². The van der Waals surface area contributed by atoms with E-state index in [4.69, 9.17) is 33.3 Å². The van der Waals surface area contributed by atoms with Crippen molar-refractivity contribution in [3.8, 4) is 11.5 Å². The van der Waals surface area contributed by atoms with Crippen LogP contribution in [0.1, 0.15) is 18.5 Å². The Morgan fingerprint density at radius 3 is 2.32 bits per heavy atom. The second-order valence-corrected chi connectivity index (χ2v) is 8.44. The molecule has 0 bridgehead atoms. The third-order valence-electron chi connectivity index (χ3n) is 5.62. The summed E-state index contributed by atoms with van der Waals surface area (Å²) < 4.78 is 10.7. The normalized spacial score (nSPS) is 15.6. The van der Waals surface area contributed by atoms with Crippen molar-refractivity contribution in [3.63, 3.8) is 0 Å². The topological polar surface area (TPSA) is 62.8 Å². The molecule has 8 heteroatoms. The zero-order valence-electron chi connectivity index (χ0n) is 19.0. The van der Waals surface area contributed by atoms with E-state index in [0.717, 1.165) is 17.0 Å². The van der Waals surface area contributed by atoms with Crippen LogP contribution in [0.4, 0.5) is 11.4 Å². The van der Waals surface area contributed by atoms with Gasteiger partial charge in [0.2, 0.25) is 0 Å². The number of ether oxygens (including phenoxy) is 2. The van der Waals surface area contributed by atoms with Gasteiger partial charge in [-0.3, -0.25) is 9.69 Å². The molecule has 174 valence electrons. The summed E-state index contributed by atoms with van der Waals surface area (Å²) in [6.07, 6.45) is 0. The molecule has 0 saturated heterocycles. The van der Waals surface area contributed by atoms with E-state index in [-0.39, 0.29) is 5.91 Å². The molecule has 1 heterocycles. The molecular formula is C26H24ClN3O3S. The first-order valence-corrected chi connectivity index (χ1v) is 11.4. The van der Waals surface area contributed by atoms with Gasteiger partial charge in [-0.15, -0.1) is 0 Å². The van der Waals surface area contributed by atoms with Gasteiger partial charge in [0.15, 0.2) is 5.11 Å². The van der Waals surface area contributed by atoms with Crippen molar-refractivity contribution >= 4 is 46.2 Å². The maximum Gasteiger partial charge on any atom is 0.255 e. The van der Waals surface area contributed by atoms with Crippen LogP contribution in [0.25, 0.3) is 0 Å². The molecule has 3 aromatic rings. The van der Waals surface area contributed by atoms with Crippen LogP contribution >= 0.6 is 23.8 Å². The van der Waals surface area contributed by atoms with Crippen LogP contribution in [0.3, 0.4) is 0 Å². The minimum atomic E-state index is -0.464. The fourth-order valence-electron chi connectivity index (χ4n) is 3.92. The monoisotopic (exact) mass is 493 g/mol. The Kier molecular flexibility index (Phi) is 7.05. The summed E-state index contributed by atoms with van der Waals surface area (Å²) in [4.78, 5) is 15.5. The molecule has 0 spiro atoms. The van der Waals surface area contributed by atoms with Crippen LogP contribution in [0.15, 0.2) is 84.1 Å². The van der Waals surface area contributed by atoms with E-state index in [1.165, 1.54) is 0 Å². The Morgan fingerprint density at radius 2 is 1.68 bits per heavy atom. The molecule has 4 rings (SSSR count). The van der Waals surface area contributed by atoms with Crippen LogP contribution < -0.4 is 25.0 Å². The number of amides is 1. The quantitative estimate of drug-likeness (QED) is 0.429. The van der Waals surface area contributed by atoms with Crippen LogP contribution in [-0.4, -0.2) is 25.2 Å². The minimum absolute atomic E-state index is 0.268. The maximum atomic E-state index is 13.7. The zero-order valence-corrected chi connectivity index (χ0v) is 20.5. The molecule has 1 amide bonds. The Hall–Kier alpha value is -3.55. The number of carbonyl (C=O) groups excluding carboxylic acids is 1. The number of anilines is 2. The number of allylic oxidation sites excluding steroid dienone is 1. The summed E-state index contributed by atoms with van der Waals surface area (Å²) in [6.45, 7) is 1.89. The number of nitrogens with one attached hydrogen (secondary N) is 2. The summed E-state index contributed by atoms with van der Waals surface area (Å²) in [5, 5.41) is 7.43. The number of methoxy groups -OCH3 is 2. The predicted octanol–water partition coefficient (Wildman–Crippen LogP) is 5.71. The molecule has 1 aliphatic rings. The third kappa shape index (κ3) is 4.71. The lowest BCUT2D eigenvalue weighted by molar-refractivity contribution is -0.113. The van der Waals surface area contributed by atoms with Gasteiger partial charge in [0.05, 0.1) is 31.5 Å². The van der Waals surface area contributed by atoms with E-state index in [1.807, 2.05) is 60.4 Å². The van der Waals surface area contributed by atoms with Crippen molar-refractivity contribution < 1.29 is 14.3 Å². The SMILES string of the molecule is COc1ccc(N2C(=S)NC(c3ccc(Cl)cc3)C(C(=O)Nc3ccccc3OC)=C2C)cc1. The van der Waals surface area contributed by atoms with E-state index >= 15 is 0 Å². The van der Waals surface area contributed by atoms with Crippen LogP contribution in [-0.2, 0) is 4.79 Å². The van der Waals surface area contributed by atoms with E-state index in [2.05, 4.69) is 10.6 Å². The largest absolute Gasteiger partial charge is 0.497 e. The van der Waals surface area contributed by atoms with Gasteiger partial charge in [-0.1, -0.05) is 35.9 Å². The van der Waals surface area contributed by atoms with Crippen LogP contribution in [0.2, 0.25) is 5.02 Å². The first-order valence-electron chi connectivity index (χ1n) is 10.6. The lowest BCUT2D eigenvalue weighted by Gasteiger charge is -2.38. The molecule has 6 nitrogen and oxygen atoms in total. The van der Waals surface area contributed by atoms with Gasteiger partial charge >= 0.3 is 0 Å². The Bertz CT molecular complexity index is 1240. The lowest BCUT2D eigenvalue weighted by Crippen LogP contribution is -2.48. The number of thiocarbonyl (C=S) groups is 1. The Balaban J connectivity index is 1.80. The summed E-state index contributed by atoms with van der Waals surface area (Å²) in [6, 6.07) is 21.7. The van der Waals surface area contributed by atoms with Gasteiger partial charge in [0.1, 0.15) is 11.5 Å². The first-order chi connectivity index (χ1) is 16.4. The smallest absolute Gasteiger partial charge is 0.255 e. The van der Waals surface area contributed by atoms with Gasteiger partial charge in [-0.2, -0.15) is 0 Å². The van der Waals surface area contributed by atoms with Gasteiger partial charge in [-0.25, -0.2) is 0 Å². The number of rotatable bonds is 6. The zero-order chi connectivity index (χ0) is 24.2. The van der Waals surface area contributed by atoms with Crippen molar-refractivity contribution in [1.82, 2.24) is 5.32 Å². The molecule has 1 unspecified atom stereocenters. The first kappa shape index (κ1) is 23.6. The van der Waals surface area contributed by atoms with Crippen molar-refractivity contribution in [2.45, 2.75) is 13.0 Å². The van der Waals surface area contributed by atoms with Crippen molar-refractivity contribution in [2.24, 2.45) is 0 Å². The minimum Gasteiger partial charge on any atom is -0.497 e. The average Bonchev–Trinajstić information content (AvgIpc) is 2.85. The van der Waals surface area contributed by atoms with E-state index < -0.39 is 6.04 Å². The maximum absolute atomic E-state index is 13.7. The standard InChI is InChI=1S/C26H24ClN3O3S/c1-16-23(25(31)28-21-6-4-5-7-22(21)33-3)24(17-8-10-18(27)11-9-17)29-26(34)30(16)19-12-14-20(32-2)15-13-19/h4-15,24H,1-3H3,(H,28,31)(H,29,34). The second kappa shape index (κ2) is 10.2. The molecule has 0 saturated carbocycles. The molecule has 0 fully saturated rings. The van der Waals surface area contributed by atoms with Crippen LogP contribution in [0, 0.1) is 0 Å².